The van der Waals surface area contributed by atoms with E-state index in [9.17, 15) is 4.79 Å². The highest BCUT2D eigenvalue weighted by molar-refractivity contribution is 6.31. The largest absolute Gasteiger partial charge is 0.478 e. The molecule has 5 heteroatoms. The van der Waals surface area contributed by atoms with Crippen LogP contribution in [0, 0.1) is 6.92 Å². The average molecular weight is 278 g/mol. The predicted octanol–water partition coefficient (Wildman–Crippen LogP) is 3.72. The Labute approximate surface area is 115 Å². The molecule has 0 heterocycles. The van der Waals surface area contributed by atoms with E-state index in [0.717, 1.165) is 5.56 Å². The molecule has 2 aromatic carbocycles. The zero-order valence-electron chi connectivity index (χ0n) is 10.2. The van der Waals surface area contributed by atoms with Gasteiger partial charge in [-0.05, 0) is 42.8 Å². The number of ether oxygens (including phenoxy) is 1. The molecule has 0 aliphatic rings. The fourth-order valence-electron chi connectivity index (χ4n) is 1.64. The Morgan fingerprint density at radius 1 is 1.32 bits per heavy atom. The maximum absolute atomic E-state index is 11.1. The van der Waals surface area contributed by atoms with E-state index < -0.39 is 5.97 Å². The summed E-state index contributed by atoms with van der Waals surface area (Å²) in [7, 11) is 0. The van der Waals surface area contributed by atoms with E-state index >= 15 is 0 Å². The Balaban J connectivity index is 2.42. The zero-order chi connectivity index (χ0) is 14.0. The second kappa shape index (κ2) is 5.20. The van der Waals surface area contributed by atoms with Crippen LogP contribution >= 0.6 is 11.6 Å². The van der Waals surface area contributed by atoms with Gasteiger partial charge in [0.1, 0.15) is 11.3 Å². The Hall–Kier alpha value is -2.20. The van der Waals surface area contributed by atoms with Gasteiger partial charge in [-0.3, -0.25) is 0 Å². The Morgan fingerprint density at radius 2 is 2.05 bits per heavy atom. The van der Waals surface area contributed by atoms with Crippen LogP contribution in [0.25, 0.3) is 0 Å². The minimum absolute atomic E-state index is 0.0209. The first-order valence-electron chi connectivity index (χ1n) is 5.55. The fourth-order valence-corrected chi connectivity index (χ4v) is 1.75. The van der Waals surface area contributed by atoms with E-state index in [1.54, 1.807) is 30.3 Å². The molecule has 0 saturated heterocycles. The summed E-state index contributed by atoms with van der Waals surface area (Å²) in [6.07, 6.45) is 0. The standard InChI is InChI=1S/C14H12ClNO3/c1-8-7-9(5-6-11(8)15)19-13-10(14(17)18)3-2-4-12(13)16/h2-7H,16H2,1H3,(H,17,18). The molecule has 0 fully saturated rings. The summed E-state index contributed by atoms with van der Waals surface area (Å²) >= 11 is 5.92. The van der Waals surface area contributed by atoms with Crippen LogP contribution in [-0.2, 0) is 0 Å². The molecule has 0 atom stereocenters. The molecule has 0 aliphatic carbocycles. The number of rotatable bonds is 3. The van der Waals surface area contributed by atoms with Gasteiger partial charge in [-0.15, -0.1) is 0 Å². The molecule has 0 bridgehead atoms. The number of nitrogens with two attached hydrogens (primary N) is 1. The van der Waals surface area contributed by atoms with Crippen molar-refractivity contribution in [3.8, 4) is 11.5 Å². The van der Waals surface area contributed by atoms with Crippen LogP contribution in [0.3, 0.4) is 0 Å². The van der Waals surface area contributed by atoms with Crippen molar-refractivity contribution < 1.29 is 14.6 Å². The van der Waals surface area contributed by atoms with E-state index in [-0.39, 0.29) is 17.0 Å². The minimum atomic E-state index is -1.09. The molecule has 0 amide bonds. The first-order valence-corrected chi connectivity index (χ1v) is 5.92. The number of halogens is 1. The van der Waals surface area contributed by atoms with Crippen LogP contribution in [-0.4, -0.2) is 11.1 Å². The van der Waals surface area contributed by atoms with E-state index in [0.29, 0.717) is 10.8 Å². The van der Waals surface area contributed by atoms with E-state index in [4.69, 9.17) is 27.2 Å². The van der Waals surface area contributed by atoms with Crippen LogP contribution in [0.15, 0.2) is 36.4 Å². The summed E-state index contributed by atoms with van der Waals surface area (Å²) in [5.41, 5.74) is 6.89. The first kappa shape index (κ1) is 13.2. The number of carboxylic acid groups (broad SMARTS) is 1. The topological polar surface area (TPSA) is 72.5 Å². The van der Waals surface area contributed by atoms with Gasteiger partial charge in [-0.2, -0.15) is 0 Å². The summed E-state index contributed by atoms with van der Waals surface area (Å²) in [5.74, 6) is -0.466. The lowest BCUT2D eigenvalue weighted by Gasteiger charge is -2.12. The van der Waals surface area contributed by atoms with Crippen molar-refractivity contribution >= 4 is 23.3 Å². The zero-order valence-corrected chi connectivity index (χ0v) is 10.9. The van der Waals surface area contributed by atoms with Crippen molar-refractivity contribution in [2.24, 2.45) is 0 Å². The quantitative estimate of drug-likeness (QED) is 0.839. The number of hydrogen-bond donors (Lipinski definition) is 2. The van der Waals surface area contributed by atoms with Crippen LogP contribution in [0.5, 0.6) is 11.5 Å². The molecule has 0 unspecified atom stereocenters. The summed E-state index contributed by atoms with van der Waals surface area (Å²) < 4.78 is 5.57. The van der Waals surface area contributed by atoms with Gasteiger partial charge < -0.3 is 15.6 Å². The predicted molar refractivity (Wildman–Crippen MR) is 74.1 cm³/mol. The second-order valence-electron chi connectivity index (χ2n) is 4.04. The van der Waals surface area contributed by atoms with Crippen molar-refractivity contribution in [3.63, 3.8) is 0 Å². The van der Waals surface area contributed by atoms with Crippen molar-refractivity contribution in [2.45, 2.75) is 6.92 Å². The molecule has 2 rings (SSSR count). The SMILES string of the molecule is Cc1cc(Oc2c(N)cccc2C(=O)O)ccc1Cl. The maximum atomic E-state index is 11.1. The molecule has 2 aromatic rings. The lowest BCUT2D eigenvalue weighted by Crippen LogP contribution is -2.03. The fraction of sp³-hybridized carbons (Fsp3) is 0.0714. The van der Waals surface area contributed by atoms with Gasteiger partial charge in [-0.25, -0.2) is 4.79 Å². The van der Waals surface area contributed by atoms with E-state index in [2.05, 4.69) is 0 Å². The Kier molecular flexibility index (Phi) is 3.62. The summed E-state index contributed by atoms with van der Waals surface area (Å²) in [6.45, 7) is 1.83. The van der Waals surface area contributed by atoms with E-state index in [1.165, 1.54) is 6.07 Å². The summed E-state index contributed by atoms with van der Waals surface area (Å²) in [4.78, 5) is 11.1. The summed E-state index contributed by atoms with van der Waals surface area (Å²) in [6, 6.07) is 9.67. The summed E-state index contributed by atoms with van der Waals surface area (Å²) in [5, 5.41) is 9.73. The lowest BCUT2D eigenvalue weighted by molar-refractivity contribution is 0.0694. The Morgan fingerprint density at radius 3 is 2.68 bits per heavy atom. The third-order valence-electron chi connectivity index (χ3n) is 2.63. The molecule has 4 nitrogen and oxygen atoms in total. The number of aryl methyl sites for hydroxylation is 1. The molecule has 3 N–H and O–H groups in total. The van der Waals surface area contributed by atoms with Crippen LogP contribution < -0.4 is 10.5 Å². The number of benzene rings is 2. The lowest BCUT2D eigenvalue weighted by atomic mass is 10.1. The monoisotopic (exact) mass is 277 g/mol. The number of hydrogen-bond acceptors (Lipinski definition) is 3. The second-order valence-corrected chi connectivity index (χ2v) is 4.45. The highest BCUT2D eigenvalue weighted by Crippen LogP contribution is 2.32. The van der Waals surface area contributed by atoms with Crippen LogP contribution in [0.4, 0.5) is 5.69 Å². The van der Waals surface area contributed by atoms with Gasteiger partial charge in [0.2, 0.25) is 0 Å². The number of nitrogen functional groups attached to an aromatic ring is 1. The van der Waals surface area contributed by atoms with Gasteiger partial charge in [0.15, 0.2) is 5.75 Å². The highest BCUT2D eigenvalue weighted by atomic mass is 35.5. The molecule has 0 aromatic heterocycles. The smallest absolute Gasteiger partial charge is 0.339 e. The van der Waals surface area contributed by atoms with Gasteiger partial charge in [0, 0.05) is 5.02 Å². The van der Waals surface area contributed by atoms with Crippen molar-refractivity contribution in [1.29, 1.82) is 0 Å². The molecular weight excluding hydrogens is 266 g/mol. The van der Waals surface area contributed by atoms with Crippen molar-refractivity contribution in [2.75, 3.05) is 5.73 Å². The van der Waals surface area contributed by atoms with Gasteiger partial charge in [-0.1, -0.05) is 17.7 Å². The molecule has 0 saturated carbocycles. The van der Waals surface area contributed by atoms with Gasteiger partial charge in [0.05, 0.1) is 5.69 Å². The number of carboxylic acids is 1. The van der Waals surface area contributed by atoms with Crippen molar-refractivity contribution in [1.82, 2.24) is 0 Å². The maximum Gasteiger partial charge on any atom is 0.339 e. The minimum Gasteiger partial charge on any atom is -0.478 e. The van der Waals surface area contributed by atoms with Crippen LogP contribution in [0.1, 0.15) is 15.9 Å². The first-order chi connectivity index (χ1) is 8.99. The number of para-hydroxylation sites is 1. The number of carbonyl (C=O) groups is 1. The van der Waals surface area contributed by atoms with Gasteiger partial charge >= 0.3 is 5.97 Å². The average Bonchev–Trinajstić information content (AvgIpc) is 2.36. The van der Waals surface area contributed by atoms with Gasteiger partial charge in [0.25, 0.3) is 0 Å². The third kappa shape index (κ3) is 2.80. The molecule has 0 spiro atoms. The van der Waals surface area contributed by atoms with Crippen molar-refractivity contribution in [3.05, 3.63) is 52.5 Å². The van der Waals surface area contributed by atoms with E-state index in [1.807, 2.05) is 6.92 Å². The molecule has 0 aliphatic heterocycles. The molecule has 19 heavy (non-hydrogen) atoms. The molecule has 0 radical (unpaired) electrons. The Bertz CT molecular complexity index is 641. The molecule has 98 valence electrons. The third-order valence-corrected chi connectivity index (χ3v) is 3.05. The molecular formula is C14H12ClNO3. The van der Waals surface area contributed by atoms with Crippen LogP contribution in [0.2, 0.25) is 5.02 Å². The highest BCUT2D eigenvalue weighted by Gasteiger charge is 2.15. The number of anilines is 1. The number of aromatic carboxylic acids is 1. The normalized spacial score (nSPS) is 10.2.